The maximum absolute atomic E-state index is 12.2. The average molecular weight is 341 g/mol. The Morgan fingerprint density at radius 3 is 2.17 bits per heavy atom. The number of hydrogen-bond acceptors (Lipinski definition) is 4. The van der Waals surface area contributed by atoms with Crippen LogP contribution in [0.2, 0.25) is 0 Å². The summed E-state index contributed by atoms with van der Waals surface area (Å²) in [6.07, 6.45) is 0.357. The molecule has 0 aliphatic rings. The van der Waals surface area contributed by atoms with Crippen molar-refractivity contribution in [3.05, 3.63) is 35.4 Å². The lowest BCUT2D eigenvalue weighted by molar-refractivity contribution is -0.125. The Morgan fingerprint density at radius 1 is 1.17 bits per heavy atom. The number of nitrogens with two attached hydrogens (primary N) is 1. The van der Waals surface area contributed by atoms with Crippen LogP contribution < -0.4 is 5.73 Å². The first kappa shape index (κ1) is 19.3. The number of benzene rings is 1. The highest BCUT2D eigenvalue weighted by Gasteiger charge is 2.24. The van der Waals surface area contributed by atoms with E-state index in [1.807, 2.05) is 12.1 Å². The molecule has 1 amide bonds. The molecular weight excluding hydrogens is 318 g/mol. The lowest BCUT2D eigenvalue weighted by Gasteiger charge is -2.15. The van der Waals surface area contributed by atoms with E-state index < -0.39 is 33.5 Å². The van der Waals surface area contributed by atoms with Gasteiger partial charge in [-0.3, -0.25) is 14.1 Å². The van der Waals surface area contributed by atoms with Crippen molar-refractivity contribution in [1.29, 1.82) is 0 Å². The number of amides is 1. The minimum Gasteiger partial charge on any atom is -0.370 e. The van der Waals surface area contributed by atoms with E-state index in [9.17, 15) is 18.0 Å². The lowest BCUT2D eigenvalue weighted by Crippen LogP contribution is -2.23. The van der Waals surface area contributed by atoms with Crippen molar-refractivity contribution in [2.45, 2.75) is 39.0 Å². The predicted octanol–water partition coefficient (Wildman–Crippen LogP) is 1.69. The summed E-state index contributed by atoms with van der Waals surface area (Å²) in [7, 11) is -4.22. The van der Waals surface area contributed by atoms with Crippen LogP contribution in [0.25, 0.3) is 0 Å². The van der Waals surface area contributed by atoms with Crippen LogP contribution in [0.15, 0.2) is 24.3 Å². The molecule has 3 N–H and O–H groups in total. The van der Waals surface area contributed by atoms with Crippen LogP contribution in [-0.2, 0) is 26.1 Å². The van der Waals surface area contributed by atoms with Crippen molar-refractivity contribution >= 4 is 21.8 Å². The summed E-state index contributed by atoms with van der Waals surface area (Å²) in [5.74, 6) is -2.02. The monoisotopic (exact) mass is 341 g/mol. The van der Waals surface area contributed by atoms with Crippen LogP contribution in [-0.4, -0.2) is 30.4 Å². The molecule has 0 aliphatic carbocycles. The van der Waals surface area contributed by atoms with Gasteiger partial charge in [-0.2, -0.15) is 8.42 Å². The molecule has 1 rings (SSSR count). The third kappa shape index (κ3) is 7.38. The molecule has 0 aliphatic heterocycles. The molecule has 0 radical (unpaired) electrons. The maximum Gasteiger partial charge on any atom is 0.265 e. The van der Waals surface area contributed by atoms with E-state index >= 15 is 0 Å². The molecule has 23 heavy (non-hydrogen) atoms. The van der Waals surface area contributed by atoms with Gasteiger partial charge in [0.2, 0.25) is 5.91 Å². The Labute approximate surface area is 136 Å². The zero-order valence-electron chi connectivity index (χ0n) is 13.4. The Balaban J connectivity index is 2.92. The summed E-state index contributed by atoms with van der Waals surface area (Å²) in [5, 5.41) is 0. The number of Topliss-reactive ketones (excluding diaryl/α,β-unsaturated/α-hetero) is 1. The molecule has 1 aromatic rings. The van der Waals surface area contributed by atoms with Gasteiger partial charge in [-0.25, -0.2) is 0 Å². The van der Waals surface area contributed by atoms with Crippen LogP contribution in [0.3, 0.4) is 0 Å². The Morgan fingerprint density at radius 2 is 1.74 bits per heavy atom. The van der Waals surface area contributed by atoms with Crippen molar-refractivity contribution in [1.82, 2.24) is 0 Å². The van der Waals surface area contributed by atoms with E-state index in [1.165, 1.54) is 0 Å². The van der Waals surface area contributed by atoms with Gasteiger partial charge in [0.15, 0.2) is 0 Å². The Bertz CT molecular complexity index is 650. The summed E-state index contributed by atoms with van der Waals surface area (Å²) in [4.78, 5) is 23.4. The van der Waals surface area contributed by atoms with E-state index in [2.05, 4.69) is 13.8 Å². The Hall–Kier alpha value is -1.73. The molecule has 1 atom stereocenters. The van der Waals surface area contributed by atoms with Crippen molar-refractivity contribution in [2.24, 2.45) is 11.7 Å². The SMILES string of the molecule is CC(C)Cc1ccc(C(CC(N)=O)C(=O)CCS(=O)(=O)O)cc1. The summed E-state index contributed by atoms with van der Waals surface area (Å²) in [6, 6.07) is 7.30. The largest absolute Gasteiger partial charge is 0.370 e. The maximum atomic E-state index is 12.2. The molecule has 0 saturated heterocycles. The van der Waals surface area contributed by atoms with Gasteiger partial charge in [0, 0.05) is 12.8 Å². The number of primary amides is 1. The van der Waals surface area contributed by atoms with Gasteiger partial charge in [-0.1, -0.05) is 38.1 Å². The number of carbonyl (C=O) groups is 2. The summed E-state index contributed by atoms with van der Waals surface area (Å²) in [6.45, 7) is 4.20. The van der Waals surface area contributed by atoms with Gasteiger partial charge in [-0.05, 0) is 23.5 Å². The summed E-state index contributed by atoms with van der Waals surface area (Å²) >= 11 is 0. The molecule has 0 aromatic heterocycles. The summed E-state index contributed by atoms with van der Waals surface area (Å²) < 4.78 is 30.3. The first-order valence-corrected chi connectivity index (χ1v) is 9.04. The van der Waals surface area contributed by atoms with Crippen LogP contribution in [0.5, 0.6) is 0 Å². The third-order valence-electron chi connectivity index (χ3n) is 3.43. The third-order valence-corrected chi connectivity index (χ3v) is 4.15. The molecular formula is C16H23NO5S. The highest BCUT2D eigenvalue weighted by Crippen LogP contribution is 2.23. The molecule has 7 heteroatoms. The normalized spacial score (nSPS) is 13.0. The van der Waals surface area contributed by atoms with Crippen molar-refractivity contribution in [3.63, 3.8) is 0 Å². The van der Waals surface area contributed by atoms with Crippen molar-refractivity contribution in [2.75, 3.05) is 5.75 Å². The minimum atomic E-state index is -4.22. The van der Waals surface area contributed by atoms with Crippen LogP contribution in [0, 0.1) is 5.92 Å². The topological polar surface area (TPSA) is 115 Å². The molecule has 128 valence electrons. The van der Waals surface area contributed by atoms with Crippen LogP contribution in [0.1, 0.15) is 43.7 Å². The Kier molecular flexibility index (Phi) is 6.90. The second kappa shape index (κ2) is 8.21. The second-order valence-electron chi connectivity index (χ2n) is 6.06. The zero-order valence-corrected chi connectivity index (χ0v) is 14.2. The fraction of sp³-hybridized carbons (Fsp3) is 0.500. The minimum absolute atomic E-state index is 0.187. The van der Waals surface area contributed by atoms with E-state index in [4.69, 9.17) is 10.3 Å². The number of rotatable bonds is 9. The first-order valence-electron chi connectivity index (χ1n) is 7.43. The zero-order chi connectivity index (χ0) is 17.6. The molecule has 0 saturated carbocycles. The van der Waals surface area contributed by atoms with E-state index in [1.54, 1.807) is 12.1 Å². The average Bonchev–Trinajstić information content (AvgIpc) is 2.41. The highest BCUT2D eigenvalue weighted by atomic mass is 32.2. The van der Waals surface area contributed by atoms with Gasteiger partial charge in [0.25, 0.3) is 10.1 Å². The van der Waals surface area contributed by atoms with E-state index in [-0.39, 0.29) is 12.8 Å². The molecule has 1 unspecified atom stereocenters. The molecule has 1 aromatic carbocycles. The van der Waals surface area contributed by atoms with E-state index in [0.29, 0.717) is 11.5 Å². The fourth-order valence-electron chi connectivity index (χ4n) is 2.38. The van der Waals surface area contributed by atoms with Crippen LogP contribution in [0.4, 0.5) is 0 Å². The fourth-order valence-corrected chi connectivity index (χ4v) is 2.84. The van der Waals surface area contributed by atoms with Crippen molar-refractivity contribution < 1.29 is 22.6 Å². The standard InChI is InChI=1S/C16H23NO5S/c1-11(2)9-12-3-5-13(6-4-12)14(10-16(17)19)15(18)7-8-23(20,21)22/h3-6,11,14H,7-10H2,1-2H3,(H2,17,19)(H,20,21,22). The lowest BCUT2D eigenvalue weighted by atomic mass is 9.89. The highest BCUT2D eigenvalue weighted by molar-refractivity contribution is 7.85. The molecule has 0 bridgehead atoms. The number of ketones is 1. The first-order chi connectivity index (χ1) is 10.6. The van der Waals surface area contributed by atoms with Gasteiger partial charge in [-0.15, -0.1) is 0 Å². The van der Waals surface area contributed by atoms with Gasteiger partial charge in [0.1, 0.15) is 5.78 Å². The number of carbonyl (C=O) groups excluding carboxylic acids is 2. The smallest absolute Gasteiger partial charge is 0.265 e. The van der Waals surface area contributed by atoms with Gasteiger partial charge in [0.05, 0.1) is 11.7 Å². The van der Waals surface area contributed by atoms with Gasteiger partial charge < -0.3 is 5.73 Å². The molecule has 0 spiro atoms. The molecule has 0 fully saturated rings. The van der Waals surface area contributed by atoms with Crippen molar-refractivity contribution in [3.8, 4) is 0 Å². The quantitative estimate of drug-likeness (QED) is 0.663. The number of hydrogen-bond donors (Lipinski definition) is 2. The predicted molar refractivity (Wildman–Crippen MR) is 87.6 cm³/mol. The van der Waals surface area contributed by atoms with Crippen LogP contribution >= 0.6 is 0 Å². The molecule has 0 heterocycles. The second-order valence-corrected chi connectivity index (χ2v) is 7.64. The van der Waals surface area contributed by atoms with Gasteiger partial charge >= 0.3 is 0 Å². The molecule has 6 nitrogen and oxygen atoms in total. The van der Waals surface area contributed by atoms with E-state index in [0.717, 1.165) is 12.0 Å². The summed E-state index contributed by atoms with van der Waals surface area (Å²) in [5.41, 5.74) is 6.93.